The third-order valence-electron chi connectivity index (χ3n) is 3.39. The smallest absolute Gasteiger partial charge is 0.408 e. The fourth-order valence-electron chi connectivity index (χ4n) is 2.57. The fourth-order valence-corrected chi connectivity index (χ4v) is 2.57. The topological polar surface area (TPSA) is 90.6 Å². The molecule has 128 valence electrons. The molecular weight excluding hydrogens is 284 g/mol. The van der Waals surface area contributed by atoms with E-state index in [4.69, 9.17) is 15.2 Å². The first-order chi connectivity index (χ1) is 9.89. The quantitative estimate of drug-likeness (QED) is 0.780. The van der Waals surface area contributed by atoms with Crippen LogP contribution >= 0.6 is 0 Å². The van der Waals surface area contributed by atoms with Crippen LogP contribution in [0.4, 0.5) is 4.79 Å². The summed E-state index contributed by atoms with van der Waals surface area (Å²) in [5.41, 5.74) is 4.84. The average Bonchev–Trinajstić information content (AvgIpc) is 2.67. The van der Waals surface area contributed by atoms with Crippen LogP contribution in [0.15, 0.2) is 0 Å². The summed E-state index contributed by atoms with van der Waals surface area (Å²) in [5, 5.41) is 2.65. The maximum Gasteiger partial charge on any atom is 0.408 e. The van der Waals surface area contributed by atoms with Crippen molar-refractivity contribution in [3.8, 4) is 0 Å². The molecule has 0 aromatic carbocycles. The van der Waals surface area contributed by atoms with E-state index in [1.807, 2.05) is 0 Å². The molecule has 0 saturated heterocycles. The number of rotatable bonds is 3. The number of esters is 1. The zero-order valence-electron chi connectivity index (χ0n) is 14.6. The monoisotopic (exact) mass is 314 g/mol. The molecule has 22 heavy (non-hydrogen) atoms. The Balaban J connectivity index is 2.82. The van der Waals surface area contributed by atoms with Crippen LogP contribution in [0, 0.1) is 5.92 Å². The van der Waals surface area contributed by atoms with E-state index in [-0.39, 0.29) is 12.0 Å². The summed E-state index contributed by atoms with van der Waals surface area (Å²) < 4.78 is 10.7. The number of carbonyl (C=O) groups excluding carboxylic acids is 2. The Bertz CT molecular complexity index is 409. The van der Waals surface area contributed by atoms with E-state index >= 15 is 0 Å². The van der Waals surface area contributed by atoms with Crippen molar-refractivity contribution in [2.45, 2.75) is 84.1 Å². The first kappa shape index (κ1) is 18.7. The van der Waals surface area contributed by atoms with Gasteiger partial charge < -0.3 is 20.5 Å². The van der Waals surface area contributed by atoms with E-state index < -0.39 is 29.3 Å². The second kappa shape index (κ2) is 6.86. The first-order valence-corrected chi connectivity index (χ1v) is 7.87. The summed E-state index contributed by atoms with van der Waals surface area (Å²) in [4.78, 5) is 24.5. The summed E-state index contributed by atoms with van der Waals surface area (Å²) in [6.07, 6.45) is 1.96. The van der Waals surface area contributed by atoms with Crippen molar-refractivity contribution in [3.05, 3.63) is 0 Å². The molecule has 0 aromatic rings. The van der Waals surface area contributed by atoms with E-state index in [0.29, 0.717) is 0 Å². The number of hydrogen-bond donors (Lipinski definition) is 2. The van der Waals surface area contributed by atoms with Crippen LogP contribution in [0.1, 0.15) is 60.8 Å². The Morgan fingerprint density at radius 2 is 1.59 bits per heavy atom. The lowest BCUT2D eigenvalue weighted by Gasteiger charge is -2.30. The minimum Gasteiger partial charge on any atom is -0.458 e. The molecule has 3 N–H and O–H groups in total. The average molecular weight is 314 g/mol. The van der Waals surface area contributed by atoms with Gasteiger partial charge in [-0.2, -0.15) is 0 Å². The number of amides is 1. The molecule has 0 aromatic heterocycles. The Labute approximate surface area is 133 Å². The highest BCUT2D eigenvalue weighted by atomic mass is 16.6. The first-order valence-electron chi connectivity index (χ1n) is 7.87. The lowest BCUT2D eigenvalue weighted by Crippen LogP contribution is -2.52. The maximum atomic E-state index is 12.4. The van der Waals surface area contributed by atoms with Gasteiger partial charge in [-0.1, -0.05) is 6.42 Å². The standard InChI is InChI=1S/C16H30N2O4/c1-15(2,3)21-13(19)12(10-8-7-9-11(10)17)18-14(20)22-16(4,5)6/h10-12H,7-9,17H2,1-6H3,(H,18,20)/t10-,11+,12-/m0/s1. The molecule has 6 nitrogen and oxygen atoms in total. The van der Waals surface area contributed by atoms with E-state index in [2.05, 4.69) is 5.32 Å². The van der Waals surface area contributed by atoms with Gasteiger partial charge in [0.05, 0.1) is 0 Å². The van der Waals surface area contributed by atoms with E-state index in [9.17, 15) is 9.59 Å². The molecule has 1 amide bonds. The minimum atomic E-state index is -0.772. The van der Waals surface area contributed by atoms with Crippen molar-refractivity contribution in [2.24, 2.45) is 11.7 Å². The van der Waals surface area contributed by atoms with Crippen LogP contribution in [0.2, 0.25) is 0 Å². The molecule has 0 bridgehead atoms. The minimum absolute atomic E-state index is 0.118. The van der Waals surface area contributed by atoms with Gasteiger partial charge in [0.1, 0.15) is 17.2 Å². The highest BCUT2D eigenvalue weighted by molar-refractivity contribution is 5.82. The maximum absolute atomic E-state index is 12.4. The zero-order valence-corrected chi connectivity index (χ0v) is 14.6. The van der Waals surface area contributed by atoms with Crippen molar-refractivity contribution < 1.29 is 19.1 Å². The van der Waals surface area contributed by atoms with Crippen LogP contribution in [0.5, 0.6) is 0 Å². The van der Waals surface area contributed by atoms with Gasteiger partial charge in [0, 0.05) is 12.0 Å². The van der Waals surface area contributed by atoms with Crippen molar-refractivity contribution in [3.63, 3.8) is 0 Å². The van der Waals surface area contributed by atoms with Crippen molar-refractivity contribution in [2.75, 3.05) is 0 Å². The molecule has 1 fully saturated rings. The molecular formula is C16H30N2O4. The third-order valence-corrected chi connectivity index (χ3v) is 3.39. The van der Waals surface area contributed by atoms with Crippen molar-refractivity contribution in [1.82, 2.24) is 5.32 Å². The van der Waals surface area contributed by atoms with E-state index in [1.165, 1.54) is 0 Å². The number of alkyl carbamates (subject to hydrolysis) is 1. The van der Waals surface area contributed by atoms with Crippen LogP contribution in [0.3, 0.4) is 0 Å². The summed E-state index contributed by atoms with van der Waals surface area (Å²) in [5.74, 6) is -0.580. The molecule has 3 atom stereocenters. The summed E-state index contributed by atoms with van der Waals surface area (Å²) in [6.45, 7) is 10.7. The molecule has 0 heterocycles. The van der Waals surface area contributed by atoms with Crippen LogP contribution in [-0.4, -0.2) is 35.3 Å². The van der Waals surface area contributed by atoms with Gasteiger partial charge in [-0.05, 0) is 54.4 Å². The lowest BCUT2D eigenvalue weighted by atomic mass is 9.94. The molecule has 0 radical (unpaired) electrons. The molecule has 1 rings (SSSR count). The summed E-state index contributed by atoms with van der Waals surface area (Å²) in [6, 6.07) is -0.890. The second-order valence-electron chi connectivity index (χ2n) is 7.92. The number of nitrogens with two attached hydrogens (primary N) is 1. The lowest BCUT2D eigenvalue weighted by molar-refractivity contribution is -0.159. The highest BCUT2D eigenvalue weighted by Gasteiger charge is 2.39. The van der Waals surface area contributed by atoms with Gasteiger partial charge in [0.15, 0.2) is 0 Å². The molecule has 0 unspecified atom stereocenters. The van der Waals surface area contributed by atoms with Crippen LogP contribution in [0.25, 0.3) is 0 Å². The number of carbonyl (C=O) groups is 2. The number of hydrogen-bond acceptors (Lipinski definition) is 5. The molecule has 6 heteroatoms. The Morgan fingerprint density at radius 1 is 1.05 bits per heavy atom. The highest BCUT2D eigenvalue weighted by Crippen LogP contribution is 2.28. The Morgan fingerprint density at radius 3 is 2.00 bits per heavy atom. The second-order valence-corrected chi connectivity index (χ2v) is 7.92. The fraction of sp³-hybridized carbons (Fsp3) is 0.875. The largest absolute Gasteiger partial charge is 0.458 e. The summed E-state index contributed by atoms with van der Waals surface area (Å²) >= 11 is 0. The van der Waals surface area contributed by atoms with Gasteiger partial charge in [0.25, 0.3) is 0 Å². The summed E-state index contributed by atoms with van der Waals surface area (Å²) in [7, 11) is 0. The normalized spacial score (nSPS) is 23.8. The molecule has 1 aliphatic carbocycles. The molecule has 1 aliphatic rings. The van der Waals surface area contributed by atoms with Gasteiger partial charge in [-0.25, -0.2) is 9.59 Å². The SMILES string of the molecule is CC(C)(C)OC(=O)N[C@H](C(=O)OC(C)(C)C)[C@H]1CCC[C@H]1N. The van der Waals surface area contributed by atoms with Gasteiger partial charge in [0.2, 0.25) is 0 Å². The molecule has 0 aliphatic heterocycles. The van der Waals surface area contributed by atoms with E-state index in [0.717, 1.165) is 19.3 Å². The zero-order chi connectivity index (χ0) is 17.1. The third kappa shape index (κ3) is 6.22. The van der Waals surface area contributed by atoms with Crippen LogP contribution in [-0.2, 0) is 14.3 Å². The van der Waals surface area contributed by atoms with E-state index in [1.54, 1.807) is 41.5 Å². The Hall–Kier alpha value is -1.30. The van der Waals surface area contributed by atoms with Gasteiger partial charge >= 0.3 is 12.1 Å². The predicted molar refractivity (Wildman–Crippen MR) is 84.3 cm³/mol. The van der Waals surface area contributed by atoms with Gasteiger partial charge in [-0.3, -0.25) is 0 Å². The number of nitrogens with one attached hydrogen (secondary N) is 1. The van der Waals surface area contributed by atoms with Crippen LogP contribution < -0.4 is 11.1 Å². The molecule has 1 saturated carbocycles. The predicted octanol–water partition coefficient (Wildman–Crippen LogP) is 2.35. The van der Waals surface area contributed by atoms with Crippen molar-refractivity contribution >= 4 is 12.1 Å². The number of ether oxygens (including phenoxy) is 2. The Kier molecular flexibility index (Phi) is 5.84. The molecule has 0 spiro atoms. The van der Waals surface area contributed by atoms with Gasteiger partial charge in [-0.15, -0.1) is 0 Å². The van der Waals surface area contributed by atoms with Crippen molar-refractivity contribution in [1.29, 1.82) is 0 Å².